The number of likely N-dealkylation sites (N-methyl/N-ethyl adjacent to an activating group) is 1. The molecule has 0 bridgehead atoms. The molecule has 5 nitrogen and oxygen atoms in total. The lowest BCUT2D eigenvalue weighted by atomic mass is 10.1. The van der Waals surface area contributed by atoms with Gasteiger partial charge >= 0.3 is 0 Å². The predicted octanol–water partition coefficient (Wildman–Crippen LogP) is 3.11. The third kappa shape index (κ3) is 5.88. The molecule has 1 fully saturated rings. The molecule has 2 aromatic carbocycles. The third-order valence-corrected chi connectivity index (χ3v) is 4.43. The van der Waals surface area contributed by atoms with Crippen LogP contribution in [0.4, 0.5) is 11.4 Å². The van der Waals surface area contributed by atoms with Crippen molar-refractivity contribution in [3.63, 3.8) is 0 Å². The highest BCUT2D eigenvalue weighted by Crippen LogP contribution is 2.18. The number of hydrogen-bond donors (Lipinski definition) is 2. The quantitative estimate of drug-likeness (QED) is 0.779. The van der Waals surface area contributed by atoms with Gasteiger partial charge in [-0.1, -0.05) is 24.3 Å². The highest BCUT2D eigenvalue weighted by Gasteiger charge is 2.14. The molecule has 0 aromatic heterocycles. The van der Waals surface area contributed by atoms with Crippen LogP contribution in [0.25, 0.3) is 0 Å². The fourth-order valence-corrected chi connectivity index (χ4v) is 2.83. The summed E-state index contributed by atoms with van der Waals surface area (Å²) in [4.78, 5) is 17.1. The van der Waals surface area contributed by atoms with Crippen LogP contribution in [0.5, 0.6) is 0 Å². The molecule has 1 aliphatic heterocycles. The van der Waals surface area contributed by atoms with Crippen LogP contribution in [0.2, 0.25) is 0 Å². The molecule has 0 spiro atoms. The number of nitrogens with two attached hydrogens (primary N) is 1. The fourth-order valence-electron chi connectivity index (χ4n) is 2.83. The van der Waals surface area contributed by atoms with Crippen molar-refractivity contribution >= 4 is 42.1 Å². The Morgan fingerprint density at radius 2 is 1.62 bits per heavy atom. The van der Waals surface area contributed by atoms with E-state index in [1.807, 2.05) is 36.4 Å². The molecule has 1 aliphatic rings. The number of para-hydroxylation sites is 2. The minimum atomic E-state index is -0.140. The van der Waals surface area contributed by atoms with Crippen LogP contribution >= 0.6 is 24.8 Å². The molecule has 1 amide bonds. The van der Waals surface area contributed by atoms with E-state index in [0.717, 1.165) is 32.7 Å². The van der Waals surface area contributed by atoms with Gasteiger partial charge in [-0.3, -0.25) is 9.69 Å². The number of rotatable bonds is 4. The van der Waals surface area contributed by atoms with Crippen molar-refractivity contribution in [2.75, 3.05) is 44.3 Å². The molecule has 0 saturated carbocycles. The van der Waals surface area contributed by atoms with E-state index in [1.165, 1.54) is 5.56 Å². The van der Waals surface area contributed by atoms with Gasteiger partial charge in [-0.15, -0.1) is 24.8 Å². The molecule has 1 heterocycles. The first-order valence-corrected chi connectivity index (χ1v) is 8.27. The van der Waals surface area contributed by atoms with Crippen molar-refractivity contribution < 1.29 is 4.79 Å². The fraction of sp³-hybridized carbons (Fsp3) is 0.316. The van der Waals surface area contributed by atoms with E-state index < -0.39 is 0 Å². The lowest BCUT2D eigenvalue weighted by Gasteiger charge is -2.32. The Kier molecular flexibility index (Phi) is 8.88. The minimum absolute atomic E-state index is 0. The molecule has 0 atom stereocenters. The van der Waals surface area contributed by atoms with Gasteiger partial charge in [0.15, 0.2) is 0 Å². The average molecular weight is 397 g/mol. The Morgan fingerprint density at radius 1 is 1.00 bits per heavy atom. The van der Waals surface area contributed by atoms with Gasteiger partial charge in [0.1, 0.15) is 0 Å². The van der Waals surface area contributed by atoms with Crippen LogP contribution in [0.3, 0.4) is 0 Å². The van der Waals surface area contributed by atoms with Crippen LogP contribution in [0, 0.1) is 0 Å². The van der Waals surface area contributed by atoms with Crippen LogP contribution < -0.4 is 11.1 Å². The Morgan fingerprint density at radius 3 is 2.23 bits per heavy atom. The maximum atomic E-state index is 12.3. The van der Waals surface area contributed by atoms with Crippen LogP contribution in [-0.2, 0) is 6.54 Å². The molecular formula is C19H26Cl2N4O. The van der Waals surface area contributed by atoms with E-state index in [4.69, 9.17) is 5.73 Å². The first-order chi connectivity index (χ1) is 11.6. The highest BCUT2D eigenvalue weighted by atomic mass is 35.5. The summed E-state index contributed by atoms with van der Waals surface area (Å²) in [6.07, 6.45) is 0. The number of hydrogen-bond acceptors (Lipinski definition) is 4. The van der Waals surface area contributed by atoms with Gasteiger partial charge in [-0.25, -0.2) is 0 Å². The number of carbonyl (C=O) groups is 1. The predicted molar refractivity (Wildman–Crippen MR) is 113 cm³/mol. The molecule has 0 aliphatic carbocycles. The normalized spacial score (nSPS) is 14.8. The van der Waals surface area contributed by atoms with Crippen molar-refractivity contribution in [3.8, 4) is 0 Å². The number of carbonyl (C=O) groups excluding carboxylic acids is 1. The lowest BCUT2D eigenvalue weighted by molar-refractivity contribution is 0.102. The van der Waals surface area contributed by atoms with Gasteiger partial charge in [0, 0.05) is 38.3 Å². The largest absolute Gasteiger partial charge is 0.397 e. The molecule has 2 aromatic rings. The summed E-state index contributed by atoms with van der Waals surface area (Å²) in [5.74, 6) is -0.140. The summed E-state index contributed by atoms with van der Waals surface area (Å²) in [7, 11) is 2.16. The van der Waals surface area contributed by atoms with E-state index in [-0.39, 0.29) is 30.7 Å². The minimum Gasteiger partial charge on any atom is -0.397 e. The summed E-state index contributed by atoms with van der Waals surface area (Å²) in [5.41, 5.74) is 8.94. The number of piperazine rings is 1. The van der Waals surface area contributed by atoms with Crippen LogP contribution in [0.1, 0.15) is 15.9 Å². The van der Waals surface area contributed by atoms with Gasteiger partial charge in [0.25, 0.3) is 5.91 Å². The molecule has 0 radical (unpaired) electrons. The van der Waals surface area contributed by atoms with Gasteiger partial charge in [0.2, 0.25) is 0 Å². The van der Waals surface area contributed by atoms with Gasteiger partial charge in [-0.05, 0) is 36.9 Å². The Hall–Kier alpha value is -1.79. The van der Waals surface area contributed by atoms with Crippen LogP contribution in [-0.4, -0.2) is 48.9 Å². The van der Waals surface area contributed by atoms with Gasteiger partial charge < -0.3 is 16.0 Å². The van der Waals surface area contributed by atoms with Crippen molar-refractivity contribution in [2.24, 2.45) is 0 Å². The third-order valence-electron chi connectivity index (χ3n) is 4.43. The summed E-state index contributed by atoms with van der Waals surface area (Å²) in [6, 6.07) is 15.1. The smallest absolute Gasteiger partial charge is 0.255 e. The maximum absolute atomic E-state index is 12.3. The number of nitrogens with one attached hydrogen (secondary N) is 1. The lowest BCUT2D eigenvalue weighted by Crippen LogP contribution is -2.43. The first kappa shape index (κ1) is 22.3. The number of halogens is 2. The van der Waals surface area contributed by atoms with Gasteiger partial charge in [-0.2, -0.15) is 0 Å². The molecule has 3 rings (SSSR count). The molecule has 142 valence electrons. The maximum Gasteiger partial charge on any atom is 0.255 e. The standard InChI is InChI=1S/C19H24N4O.2ClH/c1-22-10-12-23(13-11-22)14-15-6-8-16(9-7-15)19(24)21-18-5-3-2-4-17(18)20;;/h2-9H,10-14,20H2,1H3,(H,21,24);2*1H. The summed E-state index contributed by atoms with van der Waals surface area (Å²) >= 11 is 0. The van der Waals surface area contributed by atoms with Crippen molar-refractivity contribution in [3.05, 3.63) is 59.7 Å². The van der Waals surface area contributed by atoms with Gasteiger partial charge in [0.05, 0.1) is 11.4 Å². The second kappa shape index (κ2) is 10.4. The molecule has 7 heteroatoms. The molecule has 26 heavy (non-hydrogen) atoms. The SMILES string of the molecule is CN1CCN(Cc2ccc(C(=O)Nc3ccccc3N)cc2)CC1.Cl.Cl. The number of anilines is 2. The van der Waals surface area contributed by atoms with Crippen LogP contribution in [0.15, 0.2) is 48.5 Å². The monoisotopic (exact) mass is 396 g/mol. The summed E-state index contributed by atoms with van der Waals surface area (Å²) in [6.45, 7) is 5.33. The molecule has 3 N–H and O–H groups in total. The Labute approximate surface area is 167 Å². The second-order valence-electron chi connectivity index (χ2n) is 6.32. The topological polar surface area (TPSA) is 61.6 Å². The van der Waals surface area contributed by atoms with Crippen molar-refractivity contribution in [2.45, 2.75) is 6.54 Å². The van der Waals surface area contributed by atoms with E-state index >= 15 is 0 Å². The van der Waals surface area contributed by atoms with E-state index in [1.54, 1.807) is 12.1 Å². The zero-order valence-electron chi connectivity index (χ0n) is 14.9. The van der Waals surface area contributed by atoms with E-state index in [9.17, 15) is 4.79 Å². The number of benzene rings is 2. The average Bonchev–Trinajstić information content (AvgIpc) is 2.59. The summed E-state index contributed by atoms with van der Waals surface area (Å²) in [5, 5.41) is 2.85. The zero-order valence-corrected chi connectivity index (χ0v) is 16.5. The first-order valence-electron chi connectivity index (χ1n) is 8.27. The number of amides is 1. The Balaban J connectivity index is 0.00000169. The number of nitrogens with zero attached hydrogens (tertiary/aromatic N) is 2. The molecule has 0 unspecified atom stereocenters. The number of nitrogen functional groups attached to an aromatic ring is 1. The molecular weight excluding hydrogens is 371 g/mol. The van der Waals surface area contributed by atoms with E-state index in [0.29, 0.717) is 16.9 Å². The second-order valence-corrected chi connectivity index (χ2v) is 6.32. The van der Waals surface area contributed by atoms with E-state index in [2.05, 4.69) is 22.2 Å². The van der Waals surface area contributed by atoms with Crippen molar-refractivity contribution in [1.29, 1.82) is 0 Å². The highest BCUT2D eigenvalue weighted by molar-refractivity contribution is 6.05. The Bertz CT molecular complexity index is 701. The zero-order chi connectivity index (χ0) is 16.9. The molecule has 1 saturated heterocycles. The van der Waals surface area contributed by atoms with Crippen molar-refractivity contribution in [1.82, 2.24) is 9.80 Å². The summed E-state index contributed by atoms with van der Waals surface area (Å²) < 4.78 is 0.